The third kappa shape index (κ3) is 14.9. The zero-order valence-corrected chi connectivity index (χ0v) is 35.2. The summed E-state index contributed by atoms with van der Waals surface area (Å²) in [6.07, 6.45) is 0.0181. The van der Waals surface area contributed by atoms with Crippen molar-refractivity contribution in [1.29, 1.82) is 0 Å². The van der Waals surface area contributed by atoms with Crippen molar-refractivity contribution in [2.75, 3.05) is 26.3 Å². The number of phosphoric ester groups is 1. The molecule has 3 aromatic carbocycles. The highest BCUT2D eigenvalue weighted by atomic mass is 31.2. The fraction of sp³-hybridized carbons (Fsp3) is 0.488. The van der Waals surface area contributed by atoms with E-state index in [4.69, 9.17) is 14.0 Å². The standard InChI is InChI=1S/C43H59N4O10P/c1-29(2)39(47-22-14-21-44-42(47)51)41(50)45-34(23-32-17-9-7-10-18-32)25-36(57-38(49)26-43(5,6)28-56-58(52,53)54)35(24-33-19-11-8-12-20-33)46-37(48)27-55-40-30(3)15-13-16-31(40)4/h7-13,15-20,29,34-36,39H,14,21-28H2,1-6H3,(H,44,51)(H,45,50)(H,46,48)(H2,52,53,54)/t34-,35+,36+,39+/m1/s1. The van der Waals surface area contributed by atoms with Gasteiger partial charge >= 0.3 is 19.8 Å². The average Bonchev–Trinajstić information content (AvgIpc) is 3.14. The van der Waals surface area contributed by atoms with E-state index in [-0.39, 0.29) is 43.7 Å². The largest absolute Gasteiger partial charge is 0.483 e. The third-order valence-electron chi connectivity index (χ3n) is 9.92. The fourth-order valence-electron chi connectivity index (χ4n) is 7.14. The number of aryl methyl sites for hydroxylation is 2. The summed E-state index contributed by atoms with van der Waals surface area (Å²) in [7, 11) is -4.82. The van der Waals surface area contributed by atoms with Crippen LogP contribution in [0.25, 0.3) is 0 Å². The summed E-state index contributed by atoms with van der Waals surface area (Å²) in [5.74, 6) is -1.15. The number of amides is 4. The Balaban J connectivity index is 1.71. The van der Waals surface area contributed by atoms with E-state index in [1.165, 1.54) is 0 Å². The summed E-state index contributed by atoms with van der Waals surface area (Å²) in [6.45, 7) is 11.0. The molecule has 1 aliphatic rings. The molecule has 0 spiro atoms. The average molecular weight is 823 g/mol. The van der Waals surface area contributed by atoms with Crippen LogP contribution in [0.2, 0.25) is 0 Å². The molecule has 1 heterocycles. The molecule has 316 valence electrons. The van der Waals surface area contributed by atoms with Gasteiger partial charge in [0.25, 0.3) is 5.91 Å². The third-order valence-corrected chi connectivity index (χ3v) is 10.4. The SMILES string of the molecule is Cc1cccc(C)c1OCC(=O)N[C@@H](Cc1ccccc1)[C@H](C[C@@H](Cc1ccccc1)NC(=O)[C@H](C(C)C)N1CCCNC1=O)OC(=O)CC(C)(C)COP(=O)(O)O. The Morgan fingerprint density at radius 2 is 1.50 bits per heavy atom. The molecule has 0 unspecified atom stereocenters. The molecule has 3 aromatic rings. The Morgan fingerprint density at radius 3 is 2.07 bits per heavy atom. The van der Waals surface area contributed by atoms with E-state index < -0.39 is 56.0 Å². The van der Waals surface area contributed by atoms with E-state index in [0.29, 0.717) is 31.7 Å². The number of para-hydroxylation sites is 1. The first-order valence-corrected chi connectivity index (χ1v) is 21.2. The minimum absolute atomic E-state index is 0.0539. The molecule has 14 nitrogen and oxygen atoms in total. The maximum atomic E-state index is 14.3. The molecule has 0 radical (unpaired) electrons. The lowest BCUT2D eigenvalue weighted by molar-refractivity contribution is -0.155. The topological polar surface area (TPSA) is 193 Å². The maximum absolute atomic E-state index is 14.3. The predicted octanol–water partition coefficient (Wildman–Crippen LogP) is 5.40. The summed E-state index contributed by atoms with van der Waals surface area (Å²) in [6, 6.07) is 22.0. The number of benzene rings is 3. The number of carbonyl (C=O) groups is 4. The minimum atomic E-state index is -4.82. The number of phosphoric acid groups is 1. The van der Waals surface area contributed by atoms with Crippen LogP contribution in [0.15, 0.2) is 78.9 Å². The molecule has 1 saturated heterocycles. The monoisotopic (exact) mass is 822 g/mol. The van der Waals surface area contributed by atoms with Gasteiger partial charge in [0.2, 0.25) is 5.91 Å². The van der Waals surface area contributed by atoms with Crippen molar-refractivity contribution in [3.63, 3.8) is 0 Å². The summed E-state index contributed by atoms with van der Waals surface area (Å²) in [5, 5.41) is 9.09. The minimum Gasteiger partial charge on any atom is -0.483 e. The lowest BCUT2D eigenvalue weighted by Gasteiger charge is -2.37. The van der Waals surface area contributed by atoms with Crippen LogP contribution in [0.5, 0.6) is 5.75 Å². The Morgan fingerprint density at radius 1 is 0.897 bits per heavy atom. The van der Waals surface area contributed by atoms with Crippen molar-refractivity contribution in [3.8, 4) is 5.75 Å². The number of nitrogens with zero attached hydrogens (tertiary/aromatic N) is 1. The van der Waals surface area contributed by atoms with Gasteiger partial charge in [-0.1, -0.05) is 107 Å². The molecule has 1 aliphatic heterocycles. The molecule has 4 rings (SSSR count). The number of hydrogen-bond acceptors (Lipinski definition) is 8. The van der Waals surface area contributed by atoms with Gasteiger partial charge < -0.3 is 40.1 Å². The zero-order valence-electron chi connectivity index (χ0n) is 34.3. The smallest absolute Gasteiger partial charge is 0.469 e. The number of nitrogens with one attached hydrogen (secondary N) is 3. The van der Waals surface area contributed by atoms with Crippen LogP contribution in [0.3, 0.4) is 0 Å². The van der Waals surface area contributed by atoms with Crippen molar-refractivity contribution in [3.05, 3.63) is 101 Å². The van der Waals surface area contributed by atoms with Crippen molar-refractivity contribution in [1.82, 2.24) is 20.9 Å². The Kier molecular flexibility index (Phi) is 16.9. The van der Waals surface area contributed by atoms with Crippen molar-refractivity contribution in [2.45, 2.75) is 97.9 Å². The quantitative estimate of drug-likeness (QED) is 0.0686. The molecule has 0 aliphatic carbocycles. The molecule has 15 heteroatoms. The molecule has 0 saturated carbocycles. The molecule has 0 aromatic heterocycles. The van der Waals surface area contributed by atoms with E-state index in [0.717, 1.165) is 22.3 Å². The van der Waals surface area contributed by atoms with Crippen LogP contribution in [0, 0.1) is 25.2 Å². The van der Waals surface area contributed by atoms with E-state index in [9.17, 15) is 33.5 Å². The van der Waals surface area contributed by atoms with Gasteiger partial charge in [-0.15, -0.1) is 0 Å². The summed E-state index contributed by atoms with van der Waals surface area (Å²) in [5.41, 5.74) is 2.44. The first-order chi connectivity index (χ1) is 27.4. The second-order valence-corrected chi connectivity index (χ2v) is 17.3. The van der Waals surface area contributed by atoms with Crippen LogP contribution >= 0.6 is 7.82 Å². The van der Waals surface area contributed by atoms with Gasteiger partial charge in [-0.2, -0.15) is 0 Å². The Bertz CT molecular complexity index is 1850. The van der Waals surface area contributed by atoms with E-state index in [1.54, 1.807) is 18.7 Å². The maximum Gasteiger partial charge on any atom is 0.469 e. The molecule has 5 N–H and O–H groups in total. The van der Waals surface area contributed by atoms with Gasteiger partial charge in [-0.05, 0) is 66.7 Å². The normalized spacial score (nSPS) is 15.5. The second-order valence-electron chi connectivity index (χ2n) is 16.1. The molecule has 0 bridgehead atoms. The van der Waals surface area contributed by atoms with Gasteiger partial charge in [0.15, 0.2) is 6.61 Å². The lowest BCUT2D eigenvalue weighted by atomic mass is 9.90. The number of urea groups is 1. The van der Waals surface area contributed by atoms with Crippen LogP contribution < -0.4 is 20.7 Å². The molecule has 4 atom stereocenters. The van der Waals surface area contributed by atoms with Crippen LogP contribution in [-0.4, -0.2) is 89.0 Å². The summed E-state index contributed by atoms with van der Waals surface area (Å²) in [4.78, 5) is 75.1. The molecule has 4 amide bonds. The molecule has 1 fully saturated rings. The number of esters is 1. The second kappa shape index (κ2) is 21.3. The lowest BCUT2D eigenvalue weighted by Crippen LogP contribution is -2.59. The van der Waals surface area contributed by atoms with Gasteiger partial charge in [0.05, 0.1) is 19.1 Å². The predicted molar refractivity (Wildman–Crippen MR) is 220 cm³/mol. The van der Waals surface area contributed by atoms with Gasteiger partial charge in [-0.3, -0.25) is 18.9 Å². The van der Waals surface area contributed by atoms with Gasteiger partial charge in [0.1, 0.15) is 17.9 Å². The van der Waals surface area contributed by atoms with E-state index in [1.807, 2.05) is 107 Å². The molecule has 58 heavy (non-hydrogen) atoms. The fourth-order valence-corrected chi connectivity index (χ4v) is 7.66. The van der Waals surface area contributed by atoms with Crippen LogP contribution in [-0.2, 0) is 41.1 Å². The molecular formula is C43H59N4O10P. The highest BCUT2D eigenvalue weighted by molar-refractivity contribution is 7.46. The first-order valence-electron chi connectivity index (χ1n) is 19.7. The highest BCUT2D eigenvalue weighted by Crippen LogP contribution is 2.39. The Labute approximate surface area is 341 Å². The van der Waals surface area contributed by atoms with Gasteiger partial charge in [-0.25, -0.2) is 9.36 Å². The van der Waals surface area contributed by atoms with Crippen molar-refractivity contribution >= 4 is 31.6 Å². The van der Waals surface area contributed by atoms with Crippen molar-refractivity contribution < 1.29 is 47.5 Å². The van der Waals surface area contributed by atoms with Crippen LogP contribution in [0.4, 0.5) is 4.79 Å². The highest BCUT2D eigenvalue weighted by Gasteiger charge is 2.37. The van der Waals surface area contributed by atoms with Crippen molar-refractivity contribution in [2.24, 2.45) is 11.3 Å². The van der Waals surface area contributed by atoms with Crippen LogP contribution in [0.1, 0.15) is 69.2 Å². The van der Waals surface area contributed by atoms with Gasteiger partial charge in [0, 0.05) is 25.6 Å². The molecular weight excluding hydrogens is 763 g/mol. The number of carbonyl (C=O) groups excluding carboxylic acids is 4. The van der Waals surface area contributed by atoms with E-state index in [2.05, 4.69) is 16.0 Å². The summed E-state index contributed by atoms with van der Waals surface area (Å²) < 4.78 is 28.5. The first kappa shape index (κ1) is 45.9. The van der Waals surface area contributed by atoms with E-state index >= 15 is 0 Å². The zero-order chi connectivity index (χ0) is 42.5. The summed E-state index contributed by atoms with van der Waals surface area (Å²) >= 11 is 0. The number of hydrogen-bond donors (Lipinski definition) is 5. The number of ether oxygens (including phenoxy) is 2. The number of rotatable bonds is 21. The Hall–Kier alpha value is -4.75.